The van der Waals surface area contributed by atoms with Gasteiger partial charge in [-0.25, -0.2) is 0 Å². The van der Waals surface area contributed by atoms with E-state index in [1.165, 1.54) is 0 Å². The second kappa shape index (κ2) is 5.00. The Morgan fingerprint density at radius 2 is 2.20 bits per heavy atom. The fourth-order valence-corrected chi connectivity index (χ4v) is 2.37. The Hall–Kier alpha value is -2.30. The van der Waals surface area contributed by atoms with E-state index < -0.39 is 6.10 Å². The quantitative estimate of drug-likeness (QED) is 0.927. The summed E-state index contributed by atoms with van der Waals surface area (Å²) >= 11 is 0. The number of hydrogen-bond acceptors (Lipinski definition) is 4. The number of ether oxygens (including phenoxy) is 1. The first-order valence-corrected chi connectivity index (χ1v) is 6.59. The molecule has 0 spiro atoms. The molecule has 1 aliphatic heterocycles. The molecular weight excluding hydrogens is 256 g/mol. The minimum absolute atomic E-state index is 0.110. The predicted octanol–water partition coefficient (Wildman–Crippen LogP) is 1.91. The first-order chi connectivity index (χ1) is 9.65. The average Bonchev–Trinajstić information content (AvgIpc) is 3.01. The van der Waals surface area contributed by atoms with E-state index in [1.54, 1.807) is 0 Å². The van der Waals surface area contributed by atoms with E-state index in [4.69, 9.17) is 9.26 Å². The maximum absolute atomic E-state index is 12.1. The molecule has 0 fully saturated rings. The number of fused-ring (bicyclic) bond motifs is 1. The Labute approximate surface area is 116 Å². The van der Waals surface area contributed by atoms with Crippen molar-refractivity contribution in [3.8, 4) is 5.75 Å². The van der Waals surface area contributed by atoms with E-state index in [-0.39, 0.29) is 5.91 Å². The molecule has 1 amide bonds. The predicted molar refractivity (Wildman–Crippen MR) is 72.4 cm³/mol. The first-order valence-electron chi connectivity index (χ1n) is 6.59. The largest absolute Gasteiger partial charge is 0.480 e. The van der Waals surface area contributed by atoms with Gasteiger partial charge in [-0.3, -0.25) is 4.79 Å². The van der Waals surface area contributed by atoms with Crippen molar-refractivity contribution in [2.45, 2.75) is 32.9 Å². The minimum Gasteiger partial charge on any atom is -0.480 e. The third kappa shape index (κ3) is 2.27. The lowest BCUT2D eigenvalue weighted by Gasteiger charge is -2.11. The number of aryl methyl sites for hydroxylation is 2. The van der Waals surface area contributed by atoms with Crippen molar-refractivity contribution in [1.82, 2.24) is 10.5 Å². The van der Waals surface area contributed by atoms with Gasteiger partial charge in [0, 0.05) is 18.5 Å². The van der Waals surface area contributed by atoms with Crippen LogP contribution in [0, 0.1) is 13.8 Å². The lowest BCUT2D eigenvalue weighted by atomic mass is 10.1. The Bertz CT molecular complexity index is 604. The van der Waals surface area contributed by atoms with Gasteiger partial charge in [0.15, 0.2) is 6.10 Å². The van der Waals surface area contributed by atoms with Gasteiger partial charge < -0.3 is 14.6 Å². The highest BCUT2D eigenvalue weighted by atomic mass is 16.5. The summed E-state index contributed by atoms with van der Waals surface area (Å²) in [5.74, 6) is 1.42. The third-order valence-electron chi connectivity index (χ3n) is 3.56. The summed E-state index contributed by atoms with van der Waals surface area (Å²) in [6, 6.07) is 7.73. The van der Waals surface area contributed by atoms with Crippen molar-refractivity contribution in [2.75, 3.05) is 0 Å². The number of benzene rings is 1. The Morgan fingerprint density at radius 3 is 2.90 bits per heavy atom. The standard InChI is InChI=1S/C15H16N2O3/c1-9-12(10(2)20-17-9)8-16-15(18)14-7-11-5-3-4-6-13(11)19-14/h3-6,14H,7-8H2,1-2H3,(H,16,18)/t14-/m0/s1. The SMILES string of the molecule is Cc1noc(C)c1CNC(=O)[C@@H]1Cc2ccccc2O1. The molecule has 0 saturated carbocycles. The van der Waals surface area contributed by atoms with Gasteiger partial charge in [-0.1, -0.05) is 23.4 Å². The molecule has 0 aliphatic carbocycles. The number of carbonyl (C=O) groups is 1. The summed E-state index contributed by atoms with van der Waals surface area (Å²) in [7, 11) is 0. The number of para-hydroxylation sites is 1. The zero-order chi connectivity index (χ0) is 14.1. The Balaban J connectivity index is 1.62. The van der Waals surface area contributed by atoms with Gasteiger partial charge >= 0.3 is 0 Å². The number of nitrogens with one attached hydrogen (secondary N) is 1. The van der Waals surface area contributed by atoms with Gasteiger partial charge in [0.05, 0.1) is 5.69 Å². The molecule has 3 rings (SSSR count). The van der Waals surface area contributed by atoms with E-state index >= 15 is 0 Å². The highest BCUT2D eigenvalue weighted by molar-refractivity contribution is 5.82. The molecule has 0 radical (unpaired) electrons. The van der Waals surface area contributed by atoms with Crippen LogP contribution < -0.4 is 10.1 Å². The topological polar surface area (TPSA) is 64.4 Å². The average molecular weight is 272 g/mol. The molecular formula is C15H16N2O3. The van der Waals surface area contributed by atoms with Gasteiger partial charge in [0.2, 0.25) is 0 Å². The summed E-state index contributed by atoms with van der Waals surface area (Å²) in [4.78, 5) is 12.1. The summed E-state index contributed by atoms with van der Waals surface area (Å²) in [5.41, 5.74) is 2.80. The molecule has 0 unspecified atom stereocenters. The molecule has 5 nitrogen and oxygen atoms in total. The molecule has 1 aliphatic rings. The highest BCUT2D eigenvalue weighted by Gasteiger charge is 2.28. The number of rotatable bonds is 3. The van der Waals surface area contributed by atoms with Crippen molar-refractivity contribution >= 4 is 5.91 Å². The van der Waals surface area contributed by atoms with Crippen molar-refractivity contribution in [1.29, 1.82) is 0 Å². The fraction of sp³-hybridized carbons (Fsp3) is 0.333. The number of hydrogen-bond donors (Lipinski definition) is 1. The molecule has 2 heterocycles. The summed E-state index contributed by atoms with van der Waals surface area (Å²) < 4.78 is 10.7. The highest BCUT2D eigenvalue weighted by Crippen LogP contribution is 2.28. The third-order valence-corrected chi connectivity index (χ3v) is 3.56. The van der Waals surface area contributed by atoms with Crippen molar-refractivity contribution in [3.63, 3.8) is 0 Å². The molecule has 1 aromatic carbocycles. The van der Waals surface area contributed by atoms with Gasteiger partial charge in [-0.05, 0) is 25.5 Å². The zero-order valence-electron chi connectivity index (χ0n) is 11.5. The number of nitrogens with zero attached hydrogens (tertiary/aromatic N) is 1. The molecule has 2 aromatic rings. The van der Waals surface area contributed by atoms with Crippen LogP contribution in [0.15, 0.2) is 28.8 Å². The normalized spacial score (nSPS) is 16.6. The van der Waals surface area contributed by atoms with E-state index in [1.807, 2.05) is 38.1 Å². The molecule has 20 heavy (non-hydrogen) atoms. The van der Waals surface area contributed by atoms with Gasteiger partial charge in [-0.2, -0.15) is 0 Å². The van der Waals surface area contributed by atoms with Crippen LogP contribution in [0.2, 0.25) is 0 Å². The lowest BCUT2D eigenvalue weighted by Crippen LogP contribution is -2.37. The van der Waals surface area contributed by atoms with Gasteiger partial charge in [0.25, 0.3) is 5.91 Å². The van der Waals surface area contributed by atoms with Crippen LogP contribution in [0.25, 0.3) is 0 Å². The summed E-state index contributed by atoms with van der Waals surface area (Å²) in [6.07, 6.45) is 0.164. The van der Waals surface area contributed by atoms with Crippen molar-refractivity contribution < 1.29 is 14.1 Å². The van der Waals surface area contributed by atoms with Crippen molar-refractivity contribution in [3.05, 3.63) is 46.8 Å². The van der Waals surface area contributed by atoms with Crippen LogP contribution in [-0.4, -0.2) is 17.2 Å². The molecule has 0 bridgehead atoms. The molecule has 0 saturated heterocycles. The number of aromatic nitrogens is 1. The number of amides is 1. The summed E-state index contributed by atoms with van der Waals surface area (Å²) in [5, 5.41) is 6.75. The second-order valence-electron chi connectivity index (χ2n) is 4.94. The first kappa shape index (κ1) is 12.7. The van der Waals surface area contributed by atoms with Gasteiger partial charge in [0.1, 0.15) is 11.5 Å². The molecule has 104 valence electrons. The summed E-state index contributed by atoms with van der Waals surface area (Å²) in [6.45, 7) is 4.11. The number of carbonyl (C=O) groups excluding carboxylic acids is 1. The minimum atomic E-state index is -0.451. The zero-order valence-corrected chi connectivity index (χ0v) is 11.5. The van der Waals surface area contributed by atoms with Gasteiger partial charge in [-0.15, -0.1) is 0 Å². The van der Waals surface area contributed by atoms with Crippen LogP contribution in [0.3, 0.4) is 0 Å². The van der Waals surface area contributed by atoms with E-state index in [0.29, 0.717) is 13.0 Å². The van der Waals surface area contributed by atoms with E-state index in [9.17, 15) is 4.79 Å². The molecule has 1 N–H and O–H groups in total. The molecule has 1 atom stereocenters. The second-order valence-corrected chi connectivity index (χ2v) is 4.94. The van der Waals surface area contributed by atoms with Crippen LogP contribution in [0.1, 0.15) is 22.6 Å². The molecule has 1 aromatic heterocycles. The maximum atomic E-state index is 12.1. The monoisotopic (exact) mass is 272 g/mol. The lowest BCUT2D eigenvalue weighted by molar-refractivity contribution is -0.127. The Morgan fingerprint density at radius 1 is 1.40 bits per heavy atom. The van der Waals surface area contributed by atoms with E-state index in [0.717, 1.165) is 28.3 Å². The fourth-order valence-electron chi connectivity index (χ4n) is 2.37. The van der Waals surface area contributed by atoms with Crippen LogP contribution in [0.4, 0.5) is 0 Å². The maximum Gasteiger partial charge on any atom is 0.261 e. The van der Waals surface area contributed by atoms with Crippen LogP contribution in [0.5, 0.6) is 5.75 Å². The molecule has 5 heteroatoms. The smallest absolute Gasteiger partial charge is 0.261 e. The van der Waals surface area contributed by atoms with Crippen molar-refractivity contribution in [2.24, 2.45) is 0 Å². The Kier molecular flexibility index (Phi) is 3.18. The van der Waals surface area contributed by atoms with Crippen LogP contribution >= 0.6 is 0 Å². The van der Waals surface area contributed by atoms with E-state index in [2.05, 4.69) is 10.5 Å². The van der Waals surface area contributed by atoms with Crippen LogP contribution in [-0.2, 0) is 17.8 Å².